The van der Waals surface area contributed by atoms with Gasteiger partial charge in [-0.2, -0.15) is 0 Å². The molecule has 1 heterocycles. The van der Waals surface area contributed by atoms with Gasteiger partial charge >= 0.3 is 0 Å². The topological polar surface area (TPSA) is 4.93 Å². The molecule has 1 aromatic heterocycles. The highest BCUT2D eigenvalue weighted by Crippen LogP contribution is 2.41. The van der Waals surface area contributed by atoms with Crippen LogP contribution in [-0.2, 0) is 0 Å². The predicted octanol–water partition coefficient (Wildman–Crippen LogP) is 4.42. The fourth-order valence-electron chi connectivity index (χ4n) is 2.35. The summed E-state index contributed by atoms with van der Waals surface area (Å²) >= 11 is 5.90. The predicted molar refractivity (Wildman–Crippen MR) is 60.7 cm³/mol. The third-order valence-electron chi connectivity index (χ3n) is 3.51. The molecule has 84 valence electrons. The molecule has 0 aromatic carbocycles. The molecule has 0 spiro atoms. The normalized spacial score (nSPS) is 21.9. The Morgan fingerprint density at radius 2 is 2.00 bits per heavy atom. The van der Waals surface area contributed by atoms with Gasteiger partial charge in [-0.25, -0.2) is 4.39 Å². The number of aromatic nitrogens is 1. The lowest BCUT2D eigenvalue weighted by Crippen LogP contribution is -2.23. The zero-order valence-corrected chi connectivity index (χ0v) is 10.0. The fraction of sp³-hybridized carbons (Fsp3) is 0.667. The molecule has 1 nitrogen and oxygen atoms in total. The van der Waals surface area contributed by atoms with Crippen LogP contribution < -0.4 is 0 Å². The standard InChI is InChI=1S/C12H17ClFN/c1-12(2)6-3-9(4-7-12)15-8-5-10(14)11(15)13/h5,8-9H,3-4,6-7H2,1-2H3. The highest BCUT2D eigenvalue weighted by Gasteiger charge is 2.28. The average Bonchev–Trinajstić information content (AvgIpc) is 2.49. The molecule has 1 fully saturated rings. The molecule has 0 radical (unpaired) electrons. The van der Waals surface area contributed by atoms with E-state index in [0.29, 0.717) is 11.5 Å². The SMILES string of the molecule is CC1(C)CCC(n2ccc(F)c2Cl)CC1. The minimum absolute atomic E-state index is 0.264. The van der Waals surface area contributed by atoms with Crippen LogP contribution in [0.5, 0.6) is 0 Å². The Labute approximate surface area is 95.2 Å². The van der Waals surface area contributed by atoms with Crippen LogP contribution in [-0.4, -0.2) is 4.57 Å². The van der Waals surface area contributed by atoms with Crippen molar-refractivity contribution in [1.29, 1.82) is 0 Å². The summed E-state index contributed by atoms with van der Waals surface area (Å²) in [5.74, 6) is -0.304. The molecule has 1 aliphatic carbocycles. The summed E-state index contributed by atoms with van der Waals surface area (Å²) in [5.41, 5.74) is 0.439. The molecular weight excluding hydrogens is 213 g/mol. The second-order valence-electron chi connectivity index (χ2n) is 5.26. The third kappa shape index (κ3) is 2.20. The number of hydrogen-bond acceptors (Lipinski definition) is 0. The molecule has 0 N–H and O–H groups in total. The minimum atomic E-state index is -0.304. The van der Waals surface area contributed by atoms with Crippen molar-refractivity contribution in [2.75, 3.05) is 0 Å². The highest BCUT2D eigenvalue weighted by atomic mass is 35.5. The summed E-state index contributed by atoms with van der Waals surface area (Å²) in [4.78, 5) is 0. The number of rotatable bonds is 1. The number of nitrogens with zero attached hydrogens (tertiary/aromatic N) is 1. The third-order valence-corrected chi connectivity index (χ3v) is 3.88. The van der Waals surface area contributed by atoms with Crippen molar-refractivity contribution in [3.05, 3.63) is 23.2 Å². The first kappa shape index (κ1) is 11.0. The maximum atomic E-state index is 13.1. The van der Waals surface area contributed by atoms with Gasteiger partial charge in [-0.15, -0.1) is 0 Å². The van der Waals surface area contributed by atoms with Crippen molar-refractivity contribution < 1.29 is 4.39 Å². The van der Waals surface area contributed by atoms with Crippen LogP contribution in [0.1, 0.15) is 45.6 Å². The molecular formula is C12H17ClFN. The van der Waals surface area contributed by atoms with E-state index in [0.717, 1.165) is 12.8 Å². The van der Waals surface area contributed by atoms with Crippen LogP contribution in [0.4, 0.5) is 4.39 Å². The lowest BCUT2D eigenvalue weighted by molar-refractivity contribution is 0.194. The maximum absolute atomic E-state index is 13.1. The van der Waals surface area contributed by atoms with Crippen LogP contribution in [0.3, 0.4) is 0 Å². The van der Waals surface area contributed by atoms with Crippen LogP contribution in [0.2, 0.25) is 5.15 Å². The van der Waals surface area contributed by atoms with Gasteiger partial charge in [0, 0.05) is 12.2 Å². The van der Waals surface area contributed by atoms with E-state index in [-0.39, 0.29) is 11.0 Å². The van der Waals surface area contributed by atoms with E-state index in [2.05, 4.69) is 13.8 Å². The molecule has 0 amide bonds. The first-order valence-corrected chi connectivity index (χ1v) is 5.89. The molecule has 1 aliphatic rings. The van der Waals surface area contributed by atoms with Gasteiger partial charge in [-0.3, -0.25) is 0 Å². The molecule has 15 heavy (non-hydrogen) atoms. The van der Waals surface area contributed by atoms with Crippen molar-refractivity contribution in [1.82, 2.24) is 4.57 Å². The van der Waals surface area contributed by atoms with Crippen molar-refractivity contribution >= 4 is 11.6 Å². The van der Waals surface area contributed by atoms with Gasteiger partial charge in [0.2, 0.25) is 0 Å². The van der Waals surface area contributed by atoms with Crippen LogP contribution in [0, 0.1) is 11.2 Å². The van der Waals surface area contributed by atoms with Gasteiger partial charge in [0.05, 0.1) is 0 Å². The molecule has 0 bridgehead atoms. The molecule has 0 aliphatic heterocycles. The van der Waals surface area contributed by atoms with Gasteiger partial charge in [0.25, 0.3) is 0 Å². The Kier molecular flexibility index (Phi) is 2.80. The number of hydrogen-bond donors (Lipinski definition) is 0. The lowest BCUT2D eigenvalue weighted by atomic mass is 9.75. The largest absolute Gasteiger partial charge is 0.333 e. The zero-order chi connectivity index (χ0) is 11.1. The molecule has 3 heteroatoms. The van der Waals surface area contributed by atoms with Crippen LogP contribution in [0.15, 0.2) is 12.3 Å². The van der Waals surface area contributed by atoms with E-state index < -0.39 is 0 Å². The van der Waals surface area contributed by atoms with E-state index in [1.807, 2.05) is 4.57 Å². The monoisotopic (exact) mass is 229 g/mol. The Balaban J connectivity index is 2.11. The zero-order valence-electron chi connectivity index (χ0n) is 9.26. The van der Waals surface area contributed by atoms with Gasteiger partial charge in [-0.1, -0.05) is 25.4 Å². The summed E-state index contributed by atoms with van der Waals surface area (Å²) in [5, 5.41) is 0.264. The molecule has 2 rings (SSSR count). The number of halogens is 2. The Morgan fingerprint density at radius 1 is 1.40 bits per heavy atom. The maximum Gasteiger partial charge on any atom is 0.160 e. The Morgan fingerprint density at radius 3 is 2.47 bits per heavy atom. The summed E-state index contributed by atoms with van der Waals surface area (Å²) in [6, 6.07) is 1.83. The van der Waals surface area contributed by atoms with Gasteiger partial charge in [0.15, 0.2) is 5.82 Å². The highest BCUT2D eigenvalue weighted by molar-refractivity contribution is 6.29. The van der Waals surface area contributed by atoms with E-state index in [4.69, 9.17) is 11.6 Å². The first-order chi connectivity index (χ1) is 6.99. The Bertz CT molecular complexity index is 347. The van der Waals surface area contributed by atoms with E-state index in [1.165, 1.54) is 18.9 Å². The first-order valence-electron chi connectivity index (χ1n) is 5.51. The van der Waals surface area contributed by atoms with Crippen LogP contribution in [0.25, 0.3) is 0 Å². The van der Waals surface area contributed by atoms with E-state index in [9.17, 15) is 4.39 Å². The molecule has 1 aromatic rings. The smallest absolute Gasteiger partial charge is 0.160 e. The van der Waals surface area contributed by atoms with Gasteiger partial charge in [0.1, 0.15) is 5.15 Å². The van der Waals surface area contributed by atoms with Gasteiger partial charge in [-0.05, 0) is 37.2 Å². The lowest BCUT2D eigenvalue weighted by Gasteiger charge is -2.35. The molecule has 0 atom stereocenters. The summed E-state index contributed by atoms with van der Waals surface area (Å²) < 4.78 is 15.0. The Hall–Kier alpha value is -0.500. The van der Waals surface area contributed by atoms with Gasteiger partial charge < -0.3 is 4.57 Å². The van der Waals surface area contributed by atoms with Crippen molar-refractivity contribution in [3.8, 4) is 0 Å². The second-order valence-corrected chi connectivity index (χ2v) is 5.62. The van der Waals surface area contributed by atoms with Crippen LogP contribution >= 0.6 is 11.6 Å². The molecule has 0 unspecified atom stereocenters. The fourth-order valence-corrected chi connectivity index (χ4v) is 2.60. The summed E-state index contributed by atoms with van der Waals surface area (Å²) in [6.45, 7) is 4.59. The molecule has 0 saturated heterocycles. The van der Waals surface area contributed by atoms with E-state index >= 15 is 0 Å². The molecule has 1 saturated carbocycles. The minimum Gasteiger partial charge on any atom is -0.333 e. The van der Waals surface area contributed by atoms with Crippen molar-refractivity contribution in [2.45, 2.75) is 45.6 Å². The van der Waals surface area contributed by atoms with Crippen molar-refractivity contribution in [2.24, 2.45) is 5.41 Å². The summed E-state index contributed by atoms with van der Waals surface area (Å²) in [7, 11) is 0. The second kappa shape index (κ2) is 3.82. The van der Waals surface area contributed by atoms with Crippen molar-refractivity contribution in [3.63, 3.8) is 0 Å². The average molecular weight is 230 g/mol. The van der Waals surface area contributed by atoms with E-state index in [1.54, 1.807) is 6.20 Å². The summed E-state index contributed by atoms with van der Waals surface area (Å²) in [6.07, 6.45) is 6.34. The quantitative estimate of drug-likeness (QED) is 0.672.